The van der Waals surface area contributed by atoms with E-state index in [0.29, 0.717) is 5.92 Å². The molecule has 15 heavy (non-hydrogen) atoms. The monoisotopic (exact) mass is 208 g/mol. The van der Waals surface area contributed by atoms with Crippen LogP contribution in [0.3, 0.4) is 0 Å². The zero-order valence-electron chi connectivity index (χ0n) is 9.08. The van der Waals surface area contributed by atoms with Crippen LogP contribution in [0.4, 0.5) is 0 Å². The van der Waals surface area contributed by atoms with Gasteiger partial charge in [-0.15, -0.1) is 0 Å². The number of aromatic amines is 1. The summed E-state index contributed by atoms with van der Waals surface area (Å²) in [5.41, 5.74) is 1.01. The summed E-state index contributed by atoms with van der Waals surface area (Å²) in [6.45, 7) is 3.45. The number of nitrogens with zero attached hydrogens (tertiary/aromatic N) is 1. The molecular formula is C11H16N2O2. The minimum atomic E-state index is -0.849. The second kappa shape index (κ2) is 3.36. The molecule has 2 N–H and O–H groups in total. The molecule has 1 aliphatic carbocycles. The lowest BCUT2D eigenvalue weighted by Crippen LogP contribution is -2.30. The van der Waals surface area contributed by atoms with E-state index in [0.717, 1.165) is 24.1 Å². The van der Waals surface area contributed by atoms with Crippen LogP contribution in [0.25, 0.3) is 0 Å². The predicted molar refractivity (Wildman–Crippen MR) is 55.8 cm³/mol. The third-order valence-corrected chi connectivity index (χ3v) is 3.39. The van der Waals surface area contributed by atoms with Gasteiger partial charge in [-0.2, -0.15) is 5.10 Å². The van der Waals surface area contributed by atoms with Gasteiger partial charge in [0, 0.05) is 17.2 Å². The van der Waals surface area contributed by atoms with Crippen molar-refractivity contribution in [3.63, 3.8) is 0 Å². The summed E-state index contributed by atoms with van der Waals surface area (Å²) in [5, 5.41) is 16.1. The zero-order valence-corrected chi connectivity index (χ0v) is 9.08. The van der Waals surface area contributed by atoms with E-state index in [1.165, 1.54) is 6.42 Å². The smallest absolute Gasteiger partial charge is 0.313 e. The molecule has 0 atom stereocenters. The Labute approximate surface area is 88.7 Å². The molecule has 1 aliphatic rings. The summed E-state index contributed by atoms with van der Waals surface area (Å²) in [4.78, 5) is 11.2. The van der Waals surface area contributed by atoms with Gasteiger partial charge in [-0.3, -0.25) is 9.89 Å². The van der Waals surface area contributed by atoms with Gasteiger partial charge in [-0.25, -0.2) is 0 Å². The highest BCUT2D eigenvalue weighted by atomic mass is 16.4. The van der Waals surface area contributed by atoms with Crippen LogP contribution in [-0.2, 0) is 10.2 Å². The molecule has 0 spiro atoms. The molecule has 0 unspecified atom stereocenters. The molecule has 2 rings (SSSR count). The minimum Gasteiger partial charge on any atom is -0.481 e. The van der Waals surface area contributed by atoms with Gasteiger partial charge in [-0.05, 0) is 26.7 Å². The Morgan fingerprint density at radius 3 is 2.73 bits per heavy atom. The first-order valence-corrected chi connectivity index (χ1v) is 5.30. The van der Waals surface area contributed by atoms with Gasteiger partial charge in [0.2, 0.25) is 0 Å². The Bertz CT molecular complexity index is 378. The summed E-state index contributed by atoms with van der Waals surface area (Å²) in [6, 6.07) is 0. The van der Waals surface area contributed by atoms with Gasteiger partial charge in [0.15, 0.2) is 0 Å². The van der Waals surface area contributed by atoms with Crippen molar-refractivity contribution in [1.82, 2.24) is 10.2 Å². The molecule has 0 amide bonds. The third kappa shape index (κ3) is 1.54. The molecule has 1 heterocycles. The van der Waals surface area contributed by atoms with Crippen molar-refractivity contribution in [2.45, 2.75) is 44.4 Å². The molecule has 0 saturated heterocycles. The van der Waals surface area contributed by atoms with Crippen LogP contribution < -0.4 is 0 Å². The molecule has 0 bridgehead atoms. The van der Waals surface area contributed by atoms with Crippen molar-refractivity contribution in [3.8, 4) is 0 Å². The quantitative estimate of drug-likeness (QED) is 0.798. The Balaban J connectivity index is 2.35. The van der Waals surface area contributed by atoms with Crippen molar-refractivity contribution in [3.05, 3.63) is 17.5 Å². The lowest BCUT2D eigenvalue weighted by molar-refractivity contribution is -0.142. The Morgan fingerprint density at radius 2 is 2.27 bits per heavy atom. The van der Waals surface area contributed by atoms with Crippen molar-refractivity contribution >= 4 is 5.97 Å². The number of carboxylic acids is 1. The molecule has 82 valence electrons. The first-order valence-electron chi connectivity index (χ1n) is 5.30. The average molecular weight is 208 g/mol. The van der Waals surface area contributed by atoms with Crippen molar-refractivity contribution in [2.75, 3.05) is 0 Å². The molecule has 0 aromatic carbocycles. The minimum absolute atomic E-state index is 0.487. The standard InChI is InChI=1S/C11H16N2O2/c1-11(2,10(14)15)8-6-12-13-9(8)7-4-3-5-7/h6-7H,3-5H2,1-2H3,(H,12,13)(H,14,15). The number of rotatable bonds is 3. The second-order valence-electron chi connectivity index (χ2n) is 4.76. The summed E-state index contributed by atoms with van der Waals surface area (Å²) < 4.78 is 0. The van der Waals surface area contributed by atoms with E-state index < -0.39 is 11.4 Å². The van der Waals surface area contributed by atoms with Crippen molar-refractivity contribution in [2.24, 2.45) is 0 Å². The fraction of sp³-hybridized carbons (Fsp3) is 0.636. The zero-order chi connectivity index (χ0) is 11.1. The number of carboxylic acid groups (broad SMARTS) is 1. The fourth-order valence-electron chi connectivity index (χ4n) is 1.92. The van der Waals surface area contributed by atoms with Gasteiger partial charge < -0.3 is 5.11 Å². The average Bonchev–Trinajstić information content (AvgIpc) is 2.49. The van der Waals surface area contributed by atoms with E-state index in [1.807, 2.05) is 0 Å². The van der Waals surface area contributed by atoms with Gasteiger partial charge in [0.05, 0.1) is 11.6 Å². The molecule has 1 saturated carbocycles. The topological polar surface area (TPSA) is 66.0 Å². The molecule has 1 aromatic rings. The molecule has 4 nitrogen and oxygen atoms in total. The predicted octanol–water partition coefficient (Wildman–Crippen LogP) is 2.04. The fourth-order valence-corrected chi connectivity index (χ4v) is 1.92. The van der Waals surface area contributed by atoms with E-state index in [2.05, 4.69) is 10.2 Å². The highest BCUT2D eigenvalue weighted by molar-refractivity contribution is 5.80. The van der Waals surface area contributed by atoms with Gasteiger partial charge in [0.25, 0.3) is 0 Å². The van der Waals surface area contributed by atoms with E-state index in [1.54, 1.807) is 20.0 Å². The van der Waals surface area contributed by atoms with Crippen LogP contribution in [0.5, 0.6) is 0 Å². The number of carbonyl (C=O) groups is 1. The Kier molecular flexibility index (Phi) is 2.29. The molecule has 0 radical (unpaired) electrons. The number of aliphatic carboxylic acids is 1. The first kappa shape index (κ1) is 10.2. The third-order valence-electron chi connectivity index (χ3n) is 3.39. The van der Waals surface area contributed by atoms with Gasteiger partial charge in [0.1, 0.15) is 0 Å². The van der Waals surface area contributed by atoms with Crippen LogP contribution >= 0.6 is 0 Å². The lowest BCUT2D eigenvalue weighted by Gasteiger charge is -2.28. The lowest BCUT2D eigenvalue weighted by atomic mass is 9.76. The maximum atomic E-state index is 11.2. The number of nitrogens with one attached hydrogen (secondary N) is 1. The number of H-pyrrole nitrogens is 1. The van der Waals surface area contributed by atoms with E-state index in [4.69, 9.17) is 5.11 Å². The molecule has 1 aromatic heterocycles. The Morgan fingerprint density at radius 1 is 1.60 bits per heavy atom. The molecule has 4 heteroatoms. The normalized spacial score (nSPS) is 17.5. The Hall–Kier alpha value is -1.32. The maximum Gasteiger partial charge on any atom is 0.313 e. The number of hydrogen-bond acceptors (Lipinski definition) is 2. The van der Waals surface area contributed by atoms with Gasteiger partial charge in [-0.1, -0.05) is 6.42 Å². The van der Waals surface area contributed by atoms with Crippen LogP contribution in [-0.4, -0.2) is 21.3 Å². The van der Waals surface area contributed by atoms with Crippen LogP contribution in [0.2, 0.25) is 0 Å². The molecular weight excluding hydrogens is 192 g/mol. The summed E-state index contributed by atoms with van der Waals surface area (Å²) in [6.07, 6.45) is 5.17. The van der Waals surface area contributed by atoms with E-state index in [9.17, 15) is 4.79 Å². The summed E-state index contributed by atoms with van der Waals surface area (Å²) >= 11 is 0. The highest BCUT2D eigenvalue weighted by Crippen LogP contribution is 2.40. The SMILES string of the molecule is CC(C)(C(=O)O)c1cn[nH]c1C1CCC1. The van der Waals surface area contributed by atoms with Crippen LogP contribution in [0.15, 0.2) is 6.20 Å². The van der Waals surface area contributed by atoms with Gasteiger partial charge >= 0.3 is 5.97 Å². The highest BCUT2D eigenvalue weighted by Gasteiger charge is 2.36. The van der Waals surface area contributed by atoms with Crippen molar-refractivity contribution in [1.29, 1.82) is 0 Å². The summed E-state index contributed by atoms with van der Waals surface area (Å²) in [7, 11) is 0. The first-order chi connectivity index (χ1) is 7.03. The second-order valence-corrected chi connectivity index (χ2v) is 4.76. The molecule has 0 aliphatic heterocycles. The van der Waals surface area contributed by atoms with E-state index in [-0.39, 0.29) is 0 Å². The largest absolute Gasteiger partial charge is 0.481 e. The van der Waals surface area contributed by atoms with Crippen LogP contribution in [0, 0.1) is 0 Å². The molecule has 1 fully saturated rings. The van der Waals surface area contributed by atoms with Crippen LogP contribution in [0.1, 0.15) is 50.3 Å². The maximum absolute atomic E-state index is 11.2. The number of aromatic nitrogens is 2. The summed E-state index contributed by atoms with van der Waals surface area (Å²) in [5.74, 6) is -0.314. The van der Waals surface area contributed by atoms with Crippen molar-refractivity contribution < 1.29 is 9.90 Å². The van der Waals surface area contributed by atoms with E-state index >= 15 is 0 Å². The number of hydrogen-bond donors (Lipinski definition) is 2.